The summed E-state index contributed by atoms with van der Waals surface area (Å²) in [4.78, 5) is 22.9. The van der Waals surface area contributed by atoms with Gasteiger partial charge in [0.25, 0.3) is 5.56 Å². The lowest BCUT2D eigenvalue weighted by Gasteiger charge is -2.33. The summed E-state index contributed by atoms with van der Waals surface area (Å²) < 4.78 is 0. The summed E-state index contributed by atoms with van der Waals surface area (Å²) in [6.45, 7) is 5.48. The van der Waals surface area contributed by atoms with Gasteiger partial charge >= 0.3 is 0 Å². The van der Waals surface area contributed by atoms with E-state index < -0.39 is 0 Å². The molecule has 0 radical (unpaired) electrons. The minimum Gasteiger partial charge on any atom is -0.310 e. The van der Waals surface area contributed by atoms with Crippen LogP contribution in [-0.4, -0.2) is 34.5 Å². The van der Waals surface area contributed by atoms with Crippen LogP contribution in [0.5, 0.6) is 0 Å². The smallest absolute Gasteiger partial charge is 0.258 e. The van der Waals surface area contributed by atoms with Gasteiger partial charge in [-0.25, -0.2) is 4.98 Å². The number of aromatic nitrogens is 2. The highest BCUT2D eigenvalue weighted by molar-refractivity contribution is 5.78. The zero-order valence-electron chi connectivity index (χ0n) is 14.6. The van der Waals surface area contributed by atoms with E-state index >= 15 is 0 Å². The first-order chi connectivity index (χ1) is 11.7. The standard InChI is InChI=1S/C20H27N3O/c1-14-8-9-18-17(11-14)20(24)22-19(21-18)16-7-4-10-23(13-16)12-15-5-2-3-6-15/h8-9,11,15-16H,2-7,10,12-13H2,1H3,(H,21,22,24). The van der Waals surface area contributed by atoms with Gasteiger partial charge in [-0.15, -0.1) is 0 Å². The van der Waals surface area contributed by atoms with Crippen molar-refractivity contribution in [2.45, 2.75) is 51.4 Å². The average Bonchev–Trinajstić information content (AvgIpc) is 3.08. The van der Waals surface area contributed by atoms with Gasteiger partial charge in [-0.1, -0.05) is 24.5 Å². The number of nitrogens with zero attached hydrogens (tertiary/aromatic N) is 2. The van der Waals surface area contributed by atoms with Crippen LogP contribution in [0.1, 0.15) is 55.8 Å². The monoisotopic (exact) mass is 325 g/mol. The maximum Gasteiger partial charge on any atom is 0.258 e. The molecule has 128 valence electrons. The molecule has 1 aromatic carbocycles. The van der Waals surface area contributed by atoms with Crippen LogP contribution in [0, 0.1) is 12.8 Å². The highest BCUT2D eigenvalue weighted by Crippen LogP contribution is 2.29. The number of likely N-dealkylation sites (tertiary alicyclic amines) is 1. The van der Waals surface area contributed by atoms with Crippen LogP contribution in [-0.2, 0) is 0 Å². The molecule has 4 nitrogen and oxygen atoms in total. The Bertz CT molecular complexity index is 776. The zero-order chi connectivity index (χ0) is 16.5. The molecule has 1 aliphatic carbocycles. The van der Waals surface area contributed by atoms with E-state index in [-0.39, 0.29) is 5.56 Å². The second kappa shape index (κ2) is 6.67. The fourth-order valence-corrected chi connectivity index (χ4v) is 4.47. The number of hydrogen-bond acceptors (Lipinski definition) is 3. The Balaban J connectivity index is 1.55. The minimum absolute atomic E-state index is 0.00613. The summed E-state index contributed by atoms with van der Waals surface area (Å²) in [6.07, 6.45) is 7.92. The summed E-state index contributed by atoms with van der Waals surface area (Å²) in [5.74, 6) is 2.13. The first kappa shape index (κ1) is 15.8. The Kier molecular flexibility index (Phi) is 4.40. The van der Waals surface area contributed by atoms with Crippen LogP contribution in [0.15, 0.2) is 23.0 Å². The molecule has 24 heavy (non-hydrogen) atoms. The summed E-state index contributed by atoms with van der Waals surface area (Å²) >= 11 is 0. The van der Waals surface area contributed by atoms with E-state index in [2.05, 4.69) is 9.88 Å². The van der Waals surface area contributed by atoms with Crippen molar-refractivity contribution >= 4 is 10.9 Å². The highest BCUT2D eigenvalue weighted by atomic mass is 16.1. The van der Waals surface area contributed by atoms with Crippen LogP contribution < -0.4 is 5.56 Å². The van der Waals surface area contributed by atoms with E-state index in [0.29, 0.717) is 11.3 Å². The third-order valence-corrected chi connectivity index (χ3v) is 5.76. The third-order valence-electron chi connectivity index (χ3n) is 5.76. The molecule has 4 rings (SSSR count). The van der Waals surface area contributed by atoms with Gasteiger partial charge in [0.15, 0.2) is 0 Å². The molecular weight excluding hydrogens is 298 g/mol. The fourth-order valence-electron chi connectivity index (χ4n) is 4.47. The third kappa shape index (κ3) is 3.25. The minimum atomic E-state index is 0.00613. The van der Waals surface area contributed by atoms with Gasteiger partial charge in [-0.2, -0.15) is 0 Å². The molecule has 1 aliphatic heterocycles. The van der Waals surface area contributed by atoms with Gasteiger partial charge in [0.2, 0.25) is 0 Å². The van der Waals surface area contributed by atoms with Gasteiger partial charge < -0.3 is 9.88 Å². The summed E-state index contributed by atoms with van der Waals surface area (Å²) in [6, 6.07) is 5.94. The molecule has 1 saturated heterocycles. The van der Waals surface area contributed by atoms with E-state index in [4.69, 9.17) is 4.98 Å². The first-order valence-electron chi connectivity index (χ1n) is 9.42. The molecule has 0 bridgehead atoms. The van der Waals surface area contributed by atoms with Crippen molar-refractivity contribution in [1.29, 1.82) is 0 Å². The van der Waals surface area contributed by atoms with Gasteiger partial charge in [-0.3, -0.25) is 4.79 Å². The van der Waals surface area contributed by atoms with Crippen molar-refractivity contribution in [3.63, 3.8) is 0 Å². The number of H-pyrrole nitrogens is 1. The molecule has 4 heteroatoms. The number of aryl methyl sites for hydroxylation is 1. The van der Waals surface area contributed by atoms with Crippen molar-refractivity contribution in [3.8, 4) is 0 Å². The SMILES string of the molecule is Cc1ccc2nc(C3CCCN(CC4CCCC4)C3)[nH]c(=O)c2c1. The molecule has 2 aliphatic rings. The largest absolute Gasteiger partial charge is 0.310 e. The second-order valence-electron chi connectivity index (χ2n) is 7.72. The number of fused-ring (bicyclic) bond motifs is 1. The quantitative estimate of drug-likeness (QED) is 0.938. The molecule has 2 heterocycles. The highest BCUT2D eigenvalue weighted by Gasteiger charge is 2.26. The Labute approximate surface area is 143 Å². The van der Waals surface area contributed by atoms with Crippen molar-refractivity contribution in [3.05, 3.63) is 39.9 Å². The molecule has 2 aromatic rings. The van der Waals surface area contributed by atoms with E-state index in [0.717, 1.165) is 35.8 Å². The summed E-state index contributed by atoms with van der Waals surface area (Å²) in [7, 11) is 0. The summed E-state index contributed by atoms with van der Waals surface area (Å²) in [5, 5.41) is 0.706. The number of rotatable bonds is 3. The van der Waals surface area contributed by atoms with Crippen LogP contribution in [0.25, 0.3) is 10.9 Å². The van der Waals surface area contributed by atoms with Crippen LogP contribution in [0.2, 0.25) is 0 Å². The Morgan fingerprint density at radius 2 is 2.04 bits per heavy atom. The van der Waals surface area contributed by atoms with Crippen LogP contribution >= 0.6 is 0 Å². The molecule has 0 spiro atoms. The number of hydrogen-bond donors (Lipinski definition) is 1. The molecule has 1 aromatic heterocycles. The maximum atomic E-state index is 12.4. The average molecular weight is 325 g/mol. The Morgan fingerprint density at radius 1 is 1.21 bits per heavy atom. The van der Waals surface area contributed by atoms with Crippen molar-refractivity contribution < 1.29 is 0 Å². The summed E-state index contributed by atoms with van der Waals surface area (Å²) in [5.41, 5.74) is 1.93. The molecule has 1 N–H and O–H groups in total. The molecule has 1 unspecified atom stereocenters. The van der Waals surface area contributed by atoms with Crippen molar-refractivity contribution in [2.75, 3.05) is 19.6 Å². The topological polar surface area (TPSA) is 49.0 Å². The van der Waals surface area contributed by atoms with Crippen LogP contribution in [0.3, 0.4) is 0 Å². The molecule has 1 saturated carbocycles. The van der Waals surface area contributed by atoms with Gasteiger partial charge in [0.1, 0.15) is 5.82 Å². The maximum absolute atomic E-state index is 12.4. The lowest BCUT2D eigenvalue weighted by atomic mass is 9.95. The van der Waals surface area contributed by atoms with E-state index in [1.165, 1.54) is 45.2 Å². The van der Waals surface area contributed by atoms with Crippen LogP contribution in [0.4, 0.5) is 0 Å². The zero-order valence-corrected chi connectivity index (χ0v) is 14.6. The first-order valence-corrected chi connectivity index (χ1v) is 9.42. The fraction of sp³-hybridized carbons (Fsp3) is 0.600. The van der Waals surface area contributed by atoms with Gasteiger partial charge in [0, 0.05) is 19.0 Å². The number of nitrogens with one attached hydrogen (secondary N) is 1. The molecule has 0 amide bonds. The number of piperidine rings is 1. The van der Waals surface area contributed by atoms with Crippen molar-refractivity contribution in [1.82, 2.24) is 14.9 Å². The van der Waals surface area contributed by atoms with E-state index in [1.807, 2.05) is 25.1 Å². The van der Waals surface area contributed by atoms with Gasteiger partial charge in [-0.05, 0) is 57.2 Å². The number of aromatic amines is 1. The molecule has 2 fully saturated rings. The van der Waals surface area contributed by atoms with Gasteiger partial charge in [0.05, 0.1) is 10.9 Å². The second-order valence-corrected chi connectivity index (χ2v) is 7.72. The Hall–Kier alpha value is -1.68. The predicted octanol–water partition coefficient (Wildman–Crippen LogP) is 3.60. The Morgan fingerprint density at radius 3 is 2.88 bits per heavy atom. The lowest BCUT2D eigenvalue weighted by Crippen LogP contribution is -2.38. The lowest BCUT2D eigenvalue weighted by molar-refractivity contribution is 0.177. The molecule has 1 atom stereocenters. The normalized spacial score (nSPS) is 23.1. The van der Waals surface area contributed by atoms with Crippen molar-refractivity contribution in [2.24, 2.45) is 5.92 Å². The number of benzene rings is 1. The van der Waals surface area contributed by atoms with E-state index in [1.54, 1.807) is 0 Å². The molecular formula is C20H27N3O. The predicted molar refractivity (Wildman–Crippen MR) is 97.5 cm³/mol. The van der Waals surface area contributed by atoms with E-state index in [9.17, 15) is 4.79 Å².